The molecule has 1 amide bonds. The van der Waals surface area contributed by atoms with Gasteiger partial charge in [0.1, 0.15) is 5.69 Å². The zero-order valence-electron chi connectivity index (χ0n) is 10.3. The first kappa shape index (κ1) is 15.9. The molecule has 0 radical (unpaired) electrons. The summed E-state index contributed by atoms with van der Waals surface area (Å²) >= 11 is 0. The van der Waals surface area contributed by atoms with Gasteiger partial charge in [0, 0.05) is 13.3 Å². The number of aromatic nitrogens is 1. The van der Waals surface area contributed by atoms with Gasteiger partial charge in [-0.2, -0.15) is 13.2 Å². The fraction of sp³-hybridized carbons (Fsp3) is 0.364. The Kier molecular flexibility index (Phi) is 5.03. The maximum Gasteiger partial charge on any atom is 0.418 e. The lowest BCUT2D eigenvalue weighted by molar-refractivity contribution is -0.148. The fourth-order valence-electron chi connectivity index (χ4n) is 1.36. The van der Waals surface area contributed by atoms with Gasteiger partial charge >= 0.3 is 12.1 Å². The Bertz CT molecular complexity index is 505. The molecule has 2 N–H and O–H groups in total. The van der Waals surface area contributed by atoms with Gasteiger partial charge in [0.25, 0.3) is 5.91 Å². The molecule has 0 aliphatic rings. The highest BCUT2D eigenvalue weighted by molar-refractivity contribution is 5.94. The molecule has 1 rings (SSSR count). The predicted octanol–water partition coefficient (Wildman–Crippen LogP) is 0.930. The molecular formula is C11H11F3N2O4. The quantitative estimate of drug-likeness (QED) is 0.843. The second-order valence-electron chi connectivity index (χ2n) is 3.67. The number of carbonyl (C=O) groups excluding carboxylic acids is 1. The minimum absolute atomic E-state index is 0.474. The van der Waals surface area contributed by atoms with Crippen molar-refractivity contribution in [2.24, 2.45) is 0 Å². The number of amides is 1. The maximum atomic E-state index is 12.7. The molecule has 1 atom stereocenters. The third-order valence-electron chi connectivity index (χ3n) is 2.34. The Balaban J connectivity index is 2.86. The molecule has 0 bridgehead atoms. The number of carboxylic acid groups (broad SMARTS) is 1. The summed E-state index contributed by atoms with van der Waals surface area (Å²) < 4.78 is 42.5. The van der Waals surface area contributed by atoms with Crippen LogP contribution in [0.3, 0.4) is 0 Å². The van der Waals surface area contributed by atoms with E-state index in [1.54, 1.807) is 0 Å². The molecule has 0 saturated heterocycles. The number of carboxylic acids is 1. The number of aliphatic carboxylic acids is 1. The lowest BCUT2D eigenvalue weighted by Crippen LogP contribution is -2.38. The number of ether oxygens (including phenoxy) is 1. The van der Waals surface area contributed by atoms with E-state index in [0.717, 1.165) is 19.4 Å². The van der Waals surface area contributed by atoms with Crippen molar-refractivity contribution in [2.75, 3.05) is 13.7 Å². The average molecular weight is 292 g/mol. The van der Waals surface area contributed by atoms with Gasteiger partial charge in [-0.3, -0.25) is 9.78 Å². The molecular weight excluding hydrogens is 281 g/mol. The first-order valence-corrected chi connectivity index (χ1v) is 5.33. The molecule has 20 heavy (non-hydrogen) atoms. The van der Waals surface area contributed by atoms with Gasteiger partial charge in [0.05, 0.1) is 12.1 Å². The molecule has 6 nitrogen and oxygen atoms in total. The van der Waals surface area contributed by atoms with Crippen LogP contribution in [-0.4, -0.2) is 41.7 Å². The molecule has 1 heterocycles. The van der Waals surface area contributed by atoms with Crippen LogP contribution in [0.1, 0.15) is 16.1 Å². The molecule has 0 saturated carbocycles. The summed E-state index contributed by atoms with van der Waals surface area (Å²) in [5.74, 6) is -2.47. The SMILES string of the molecule is COC(CNC(=O)c1ncccc1C(F)(F)F)C(=O)O. The Labute approximate surface area is 111 Å². The van der Waals surface area contributed by atoms with Crippen molar-refractivity contribution in [1.82, 2.24) is 10.3 Å². The number of hydrogen-bond acceptors (Lipinski definition) is 4. The van der Waals surface area contributed by atoms with Crippen LogP contribution in [0.5, 0.6) is 0 Å². The summed E-state index contributed by atoms with van der Waals surface area (Å²) in [5.41, 5.74) is -2.01. The number of halogens is 3. The van der Waals surface area contributed by atoms with Gasteiger partial charge in [-0.05, 0) is 12.1 Å². The van der Waals surface area contributed by atoms with E-state index in [0.29, 0.717) is 6.07 Å². The molecule has 0 aliphatic carbocycles. The van der Waals surface area contributed by atoms with E-state index in [1.807, 2.05) is 5.32 Å². The van der Waals surface area contributed by atoms with E-state index in [9.17, 15) is 22.8 Å². The normalized spacial score (nSPS) is 12.8. The summed E-state index contributed by atoms with van der Waals surface area (Å²) in [4.78, 5) is 25.6. The van der Waals surface area contributed by atoms with Gasteiger partial charge in [0.2, 0.25) is 0 Å². The van der Waals surface area contributed by atoms with Crippen molar-refractivity contribution < 1.29 is 32.6 Å². The Morgan fingerprint density at radius 1 is 1.50 bits per heavy atom. The molecule has 1 aromatic heterocycles. The number of nitrogens with zero attached hydrogens (tertiary/aromatic N) is 1. The average Bonchev–Trinajstić information content (AvgIpc) is 2.37. The van der Waals surface area contributed by atoms with Gasteiger partial charge in [-0.25, -0.2) is 4.79 Å². The van der Waals surface area contributed by atoms with Crippen LogP contribution >= 0.6 is 0 Å². The molecule has 0 aliphatic heterocycles. The van der Waals surface area contributed by atoms with Gasteiger partial charge < -0.3 is 15.2 Å². The van der Waals surface area contributed by atoms with Gasteiger partial charge in [0.15, 0.2) is 6.10 Å². The molecule has 0 fully saturated rings. The van der Waals surface area contributed by atoms with Crippen molar-refractivity contribution in [3.05, 3.63) is 29.6 Å². The molecule has 0 aromatic carbocycles. The minimum atomic E-state index is -4.73. The fourth-order valence-corrected chi connectivity index (χ4v) is 1.36. The second kappa shape index (κ2) is 6.33. The van der Waals surface area contributed by atoms with Crippen LogP contribution in [-0.2, 0) is 15.7 Å². The van der Waals surface area contributed by atoms with Crippen LogP contribution < -0.4 is 5.32 Å². The predicted molar refractivity (Wildman–Crippen MR) is 60.0 cm³/mol. The largest absolute Gasteiger partial charge is 0.479 e. The van der Waals surface area contributed by atoms with Crippen molar-refractivity contribution in [3.8, 4) is 0 Å². The number of alkyl halides is 3. The monoisotopic (exact) mass is 292 g/mol. The zero-order valence-corrected chi connectivity index (χ0v) is 10.3. The first-order valence-electron chi connectivity index (χ1n) is 5.33. The topological polar surface area (TPSA) is 88.5 Å². The number of hydrogen-bond donors (Lipinski definition) is 2. The van der Waals surface area contributed by atoms with Crippen LogP contribution in [0, 0.1) is 0 Å². The van der Waals surface area contributed by atoms with Crippen molar-refractivity contribution in [1.29, 1.82) is 0 Å². The van der Waals surface area contributed by atoms with E-state index >= 15 is 0 Å². The minimum Gasteiger partial charge on any atom is -0.479 e. The maximum absolute atomic E-state index is 12.7. The van der Waals surface area contributed by atoms with Gasteiger partial charge in [-0.15, -0.1) is 0 Å². The van der Waals surface area contributed by atoms with Gasteiger partial charge in [-0.1, -0.05) is 0 Å². The number of nitrogens with one attached hydrogen (secondary N) is 1. The standard InChI is InChI=1S/C11H11F3N2O4/c1-20-7(10(18)19)5-16-9(17)8-6(11(12,13)14)3-2-4-15-8/h2-4,7H,5H2,1H3,(H,16,17)(H,18,19). The molecule has 0 spiro atoms. The van der Waals surface area contributed by atoms with Crippen LogP contribution in [0.15, 0.2) is 18.3 Å². The van der Waals surface area contributed by atoms with Crippen LogP contribution in [0.2, 0.25) is 0 Å². The van der Waals surface area contributed by atoms with Crippen molar-refractivity contribution >= 4 is 11.9 Å². The van der Waals surface area contributed by atoms with E-state index in [2.05, 4.69) is 9.72 Å². The second-order valence-corrected chi connectivity index (χ2v) is 3.67. The first-order chi connectivity index (χ1) is 9.27. The van der Waals surface area contributed by atoms with E-state index in [1.165, 1.54) is 0 Å². The van der Waals surface area contributed by atoms with Crippen LogP contribution in [0.25, 0.3) is 0 Å². The third kappa shape index (κ3) is 3.92. The molecule has 110 valence electrons. The van der Waals surface area contributed by atoms with E-state index in [4.69, 9.17) is 5.11 Å². The highest BCUT2D eigenvalue weighted by Crippen LogP contribution is 2.30. The lowest BCUT2D eigenvalue weighted by Gasteiger charge is -2.14. The lowest BCUT2D eigenvalue weighted by atomic mass is 10.1. The van der Waals surface area contributed by atoms with E-state index in [-0.39, 0.29) is 0 Å². The van der Waals surface area contributed by atoms with E-state index < -0.39 is 42.0 Å². The number of pyridine rings is 1. The zero-order chi connectivity index (χ0) is 15.3. The molecule has 1 aromatic rings. The Morgan fingerprint density at radius 2 is 2.15 bits per heavy atom. The summed E-state index contributed by atoms with van der Waals surface area (Å²) in [7, 11) is 1.10. The smallest absolute Gasteiger partial charge is 0.418 e. The van der Waals surface area contributed by atoms with Crippen molar-refractivity contribution in [2.45, 2.75) is 12.3 Å². The number of rotatable bonds is 5. The van der Waals surface area contributed by atoms with Crippen molar-refractivity contribution in [3.63, 3.8) is 0 Å². The Hall–Kier alpha value is -2.16. The number of methoxy groups -OCH3 is 1. The van der Waals surface area contributed by atoms with Crippen LogP contribution in [0.4, 0.5) is 13.2 Å². The summed E-state index contributed by atoms with van der Waals surface area (Å²) in [5, 5.41) is 10.7. The Morgan fingerprint density at radius 3 is 2.65 bits per heavy atom. The summed E-state index contributed by atoms with van der Waals surface area (Å²) in [6.45, 7) is -0.474. The number of carbonyl (C=O) groups is 2. The third-order valence-corrected chi connectivity index (χ3v) is 2.34. The molecule has 1 unspecified atom stereocenters. The highest BCUT2D eigenvalue weighted by Gasteiger charge is 2.36. The summed E-state index contributed by atoms with van der Waals surface area (Å²) in [6, 6.07) is 1.77. The summed E-state index contributed by atoms with van der Waals surface area (Å²) in [6.07, 6.45) is -5.04. The molecule has 9 heteroatoms. The highest BCUT2D eigenvalue weighted by atomic mass is 19.4.